The molecule has 0 radical (unpaired) electrons. The summed E-state index contributed by atoms with van der Waals surface area (Å²) >= 11 is 6.71. The average Bonchev–Trinajstić information content (AvgIpc) is 3.13. The molecule has 1 aromatic carbocycles. The highest BCUT2D eigenvalue weighted by Crippen LogP contribution is 2.40. The van der Waals surface area contributed by atoms with E-state index in [4.69, 9.17) is 0 Å². The Kier molecular flexibility index (Phi) is 4.62. The summed E-state index contributed by atoms with van der Waals surface area (Å²) in [4.78, 5) is 11.7. The van der Waals surface area contributed by atoms with Gasteiger partial charge in [-0.1, -0.05) is 44.0 Å². The van der Waals surface area contributed by atoms with Crippen molar-refractivity contribution < 1.29 is 4.79 Å². The topological polar surface area (TPSA) is 29.1 Å². The number of carbonyl (C=O) groups is 1. The number of halogens is 2. The lowest BCUT2D eigenvalue weighted by molar-refractivity contribution is -0.115. The average molecular weight is 361 g/mol. The number of hydrogen-bond donors (Lipinski definition) is 1. The molecule has 1 aliphatic carbocycles. The molecule has 17 heavy (non-hydrogen) atoms. The van der Waals surface area contributed by atoms with Crippen LogP contribution >= 0.6 is 31.9 Å². The maximum atomic E-state index is 11.8. The van der Waals surface area contributed by atoms with Crippen LogP contribution in [0.15, 0.2) is 24.3 Å². The summed E-state index contributed by atoms with van der Waals surface area (Å²) in [5, 5.41) is 3.76. The summed E-state index contributed by atoms with van der Waals surface area (Å²) in [6.07, 6.45) is 3.35. The van der Waals surface area contributed by atoms with Crippen LogP contribution in [0, 0.1) is 0 Å². The zero-order valence-corrected chi connectivity index (χ0v) is 12.6. The Hall–Kier alpha value is -0.350. The molecule has 2 nitrogen and oxygen atoms in total. The summed E-state index contributed by atoms with van der Waals surface area (Å²) < 4.78 is 0. The smallest absolute Gasteiger partial charge is 0.238 e. The van der Waals surface area contributed by atoms with Gasteiger partial charge in [0.25, 0.3) is 0 Å². The Morgan fingerprint density at radius 1 is 1.47 bits per heavy atom. The fourth-order valence-electron chi connectivity index (χ4n) is 1.73. The first-order valence-corrected chi connectivity index (χ1v) is 7.85. The molecule has 1 N–H and O–H groups in total. The monoisotopic (exact) mass is 359 g/mol. The first-order chi connectivity index (χ1) is 8.20. The van der Waals surface area contributed by atoms with Crippen LogP contribution in [0.4, 0.5) is 5.69 Å². The van der Waals surface area contributed by atoms with E-state index in [-0.39, 0.29) is 10.7 Å². The van der Waals surface area contributed by atoms with Crippen LogP contribution in [0.5, 0.6) is 0 Å². The molecule has 0 aromatic heterocycles. The van der Waals surface area contributed by atoms with Gasteiger partial charge < -0.3 is 5.32 Å². The van der Waals surface area contributed by atoms with Gasteiger partial charge in [0, 0.05) is 11.0 Å². The zero-order valence-electron chi connectivity index (χ0n) is 9.46. The lowest BCUT2D eigenvalue weighted by Crippen LogP contribution is -2.23. The van der Waals surface area contributed by atoms with Crippen molar-refractivity contribution in [3.63, 3.8) is 0 Å². The zero-order chi connectivity index (χ0) is 12.3. The van der Waals surface area contributed by atoms with Crippen molar-refractivity contribution in [3.05, 3.63) is 29.8 Å². The van der Waals surface area contributed by atoms with Gasteiger partial charge >= 0.3 is 0 Å². The summed E-state index contributed by atoms with van der Waals surface area (Å²) in [5.41, 5.74) is 2.24. The van der Waals surface area contributed by atoms with Crippen LogP contribution in [0.2, 0.25) is 0 Å². The fourth-order valence-corrected chi connectivity index (χ4v) is 3.15. The van der Waals surface area contributed by atoms with Crippen molar-refractivity contribution in [2.75, 3.05) is 10.6 Å². The van der Waals surface area contributed by atoms with E-state index in [2.05, 4.69) is 49.3 Å². The predicted octanol–water partition coefficient (Wildman–Crippen LogP) is 4.05. The first-order valence-electron chi connectivity index (χ1n) is 5.81. The van der Waals surface area contributed by atoms with Gasteiger partial charge in [-0.3, -0.25) is 4.79 Å². The molecular weight excluding hydrogens is 346 g/mol. The molecule has 1 atom stereocenters. The second-order valence-electron chi connectivity index (χ2n) is 4.33. The largest absolute Gasteiger partial charge is 0.325 e. The second-order valence-corrected chi connectivity index (χ2v) is 6.23. The van der Waals surface area contributed by atoms with E-state index in [1.54, 1.807) is 0 Å². The Morgan fingerprint density at radius 2 is 2.24 bits per heavy atom. The number of amides is 1. The minimum atomic E-state index is -0.133. The Labute approximate surface area is 118 Å². The lowest BCUT2D eigenvalue weighted by atomic mass is 10.1. The van der Waals surface area contributed by atoms with Crippen LogP contribution in [-0.4, -0.2) is 16.1 Å². The van der Waals surface area contributed by atoms with E-state index in [0.717, 1.165) is 17.4 Å². The number of carbonyl (C=O) groups excluding carboxylic acids is 1. The number of rotatable bonds is 5. The Bertz CT molecular complexity index is 404. The minimum absolute atomic E-state index is 0.0254. The van der Waals surface area contributed by atoms with Gasteiger partial charge in [0.05, 0.1) is 4.83 Å². The molecule has 0 heterocycles. The molecule has 1 amide bonds. The third-order valence-electron chi connectivity index (χ3n) is 2.85. The van der Waals surface area contributed by atoms with Gasteiger partial charge in [-0.05, 0) is 42.9 Å². The van der Waals surface area contributed by atoms with Gasteiger partial charge in [0.1, 0.15) is 0 Å². The lowest BCUT2D eigenvalue weighted by Gasteiger charge is -2.10. The van der Waals surface area contributed by atoms with Crippen LogP contribution in [0.3, 0.4) is 0 Å². The van der Waals surface area contributed by atoms with Crippen LogP contribution in [0.1, 0.15) is 30.7 Å². The van der Waals surface area contributed by atoms with Crippen LogP contribution in [-0.2, 0) is 4.79 Å². The Balaban J connectivity index is 1.97. The Morgan fingerprint density at radius 3 is 2.88 bits per heavy atom. The maximum Gasteiger partial charge on any atom is 0.238 e. The number of nitrogens with one attached hydrogen (secondary N) is 1. The molecule has 0 aliphatic heterocycles. The van der Waals surface area contributed by atoms with E-state index >= 15 is 0 Å². The summed E-state index contributed by atoms with van der Waals surface area (Å²) in [5.74, 6) is 0.742. The number of alkyl halides is 2. The third kappa shape index (κ3) is 3.81. The third-order valence-corrected chi connectivity index (χ3v) is 4.18. The van der Waals surface area contributed by atoms with Crippen LogP contribution < -0.4 is 5.32 Å². The maximum absolute atomic E-state index is 11.8. The molecule has 1 aliphatic rings. The highest BCUT2D eigenvalue weighted by molar-refractivity contribution is 9.10. The molecule has 4 heteroatoms. The number of hydrogen-bond acceptors (Lipinski definition) is 1. The number of anilines is 1. The molecule has 0 saturated heterocycles. The van der Waals surface area contributed by atoms with Gasteiger partial charge in [-0.25, -0.2) is 0 Å². The van der Waals surface area contributed by atoms with Crippen molar-refractivity contribution in [1.82, 2.24) is 0 Å². The normalized spacial score (nSPS) is 16.6. The van der Waals surface area contributed by atoms with E-state index in [9.17, 15) is 4.79 Å². The molecule has 1 fully saturated rings. The highest BCUT2D eigenvalue weighted by atomic mass is 79.9. The van der Waals surface area contributed by atoms with E-state index in [1.807, 2.05) is 12.1 Å². The summed E-state index contributed by atoms with van der Waals surface area (Å²) in [6.45, 7) is 0. The number of benzene rings is 1. The summed E-state index contributed by atoms with van der Waals surface area (Å²) in [6, 6.07) is 8.18. The van der Waals surface area contributed by atoms with Crippen LogP contribution in [0.25, 0.3) is 0 Å². The fraction of sp³-hybridized carbons (Fsp3) is 0.462. The van der Waals surface area contributed by atoms with Gasteiger partial charge in [0.2, 0.25) is 5.91 Å². The second kappa shape index (κ2) is 6.01. The van der Waals surface area contributed by atoms with Crippen molar-refractivity contribution in [2.24, 2.45) is 0 Å². The standard InChI is InChI=1S/C13H15Br2NO/c14-7-6-12(15)13(17)16-11-3-1-2-10(8-11)9-4-5-9/h1-3,8-9,12H,4-7H2,(H,16,17). The SMILES string of the molecule is O=C(Nc1cccc(C2CC2)c1)C(Br)CCBr. The molecule has 0 spiro atoms. The molecule has 92 valence electrons. The molecule has 0 bridgehead atoms. The van der Waals surface area contributed by atoms with Gasteiger partial charge in [-0.2, -0.15) is 0 Å². The molecule has 2 rings (SSSR count). The van der Waals surface area contributed by atoms with Crippen molar-refractivity contribution in [2.45, 2.75) is 30.0 Å². The quantitative estimate of drug-likeness (QED) is 0.788. The highest BCUT2D eigenvalue weighted by Gasteiger charge is 2.23. The van der Waals surface area contributed by atoms with E-state index in [1.165, 1.54) is 18.4 Å². The minimum Gasteiger partial charge on any atom is -0.325 e. The van der Waals surface area contributed by atoms with E-state index < -0.39 is 0 Å². The first kappa shape index (κ1) is 13.1. The van der Waals surface area contributed by atoms with Crippen molar-refractivity contribution >= 4 is 43.5 Å². The molecule has 1 saturated carbocycles. The van der Waals surface area contributed by atoms with E-state index in [0.29, 0.717) is 5.92 Å². The predicted molar refractivity (Wildman–Crippen MR) is 78.2 cm³/mol. The molecule has 1 aromatic rings. The van der Waals surface area contributed by atoms with Crippen molar-refractivity contribution in [3.8, 4) is 0 Å². The van der Waals surface area contributed by atoms with Gasteiger partial charge in [0.15, 0.2) is 0 Å². The molecule has 1 unspecified atom stereocenters. The summed E-state index contributed by atoms with van der Waals surface area (Å²) in [7, 11) is 0. The molecular formula is C13H15Br2NO. The van der Waals surface area contributed by atoms with Crippen molar-refractivity contribution in [1.29, 1.82) is 0 Å². The van der Waals surface area contributed by atoms with Gasteiger partial charge in [-0.15, -0.1) is 0 Å².